The fourth-order valence-electron chi connectivity index (χ4n) is 1.73. The molecule has 0 saturated heterocycles. The van der Waals surface area contributed by atoms with Crippen LogP contribution in [0.4, 0.5) is 8.78 Å². The van der Waals surface area contributed by atoms with E-state index >= 15 is 0 Å². The first-order valence-electron chi connectivity index (χ1n) is 4.65. The summed E-state index contributed by atoms with van der Waals surface area (Å²) in [6.45, 7) is -0.0971. The minimum absolute atomic E-state index is 0.0971. The maximum atomic E-state index is 13.2. The standard InChI is InChI=1S/C10H12F2N2O/c1-15-8-4-2-3-7(14-8)9(6-13)5-10(9,11)12/h2-4H,5-6,13H2,1H3. The van der Waals surface area contributed by atoms with Gasteiger partial charge in [0.2, 0.25) is 5.88 Å². The molecule has 2 N–H and O–H groups in total. The first kappa shape index (κ1) is 10.3. The summed E-state index contributed by atoms with van der Waals surface area (Å²) in [7, 11) is 1.45. The molecule has 1 atom stereocenters. The van der Waals surface area contributed by atoms with Gasteiger partial charge >= 0.3 is 0 Å². The highest BCUT2D eigenvalue weighted by atomic mass is 19.3. The van der Waals surface area contributed by atoms with Gasteiger partial charge in [-0.2, -0.15) is 0 Å². The lowest BCUT2D eigenvalue weighted by molar-refractivity contribution is 0.0885. The molecule has 15 heavy (non-hydrogen) atoms. The highest BCUT2D eigenvalue weighted by molar-refractivity contribution is 5.35. The molecular weight excluding hydrogens is 202 g/mol. The molecule has 1 aromatic heterocycles. The number of aromatic nitrogens is 1. The van der Waals surface area contributed by atoms with Gasteiger partial charge in [-0.1, -0.05) is 6.07 Å². The molecule has 1 fully saturated rings. The van der Waals surface area contributed by atoms with Gasteiger partial charge in [-0.3, -0.25) is 0 Å². The van der Waals surface area contributed by atoms with Crippen molar-refractivity contribution in [1.82, 2.24) is 4.98 Å². The first-order valence-corrected chi connectivity index (χ1v) is 4.65. The number of nitrogens with zero attached hydrogens (tertiary/aromatic N) is 1. The van der Waals surface area contributed by atoms with E-state index in [1.165, 1.54) is 7.11 Å². The lowest BCUT2D eigenvalue weighted by atomic mass is 10.0. The normalized spacial score (nSPS) is 27.5. The quantitative estimate of drug-likeness (QED) is 0.825. The number of ether oxygens (including phenoxy) is 1. The second-order valence-corrected chi connectivity index (χ2v) is 3.73. The zero-order valence-electron chi connectivity index (χ0n) is 8.34. The Morgan fingerprint density at radius 2 is 2.20 bits per heavy atom. The Labute approximate surface area is 86.3 Å². The first-order chi connectivity index (χ1) is 7.05. The molecule has 2 rings (SSSR count). The molecule has 1 aromatic rings. The van der Waals surface area contributed by atoms with E-state index in [-0.39, 0.29) is 13.0 Å². The summed E-state index contributed by atoms with van der Waals surface area (Å²) in [5.41, 5.74) is 4.45. The lowest BCUT2D eigenvalue weighted by Gasteiger charge is -2.13. The SMILES string of the molecule is COc1cccc(C2(CN)CC2(F)F)n1. The van der Waals surface area contributed by atoms with Gasteiger partial charge in [-0.05, 0) is 6.07 Å². The Balaban J connectivity index is 2.37. The summed E-state index contributed by atoms with van der Waals surface area (Å²) in [4.78, 5) is 4.01. The molecule has 0 spiro atoms. The number of rotatable bonds is 3. The third kappa shape index (κ3) is 1.38. The van der Waals surface area contributed by atoms with Crippen molar-refractivity contribution in [2.45, 2.75) is 17.8 Å². The molecule has 0 aromatic carbocycles. The van der Waals surface area contributed by atoms with Gasteiger partial charge in [0.25, 0.3) is 5.92 Å². The van der Waals surface area contributed by atoms with Crippen LogP contribution in [0.5, 0.6) is 5.88 Å². The van der Waals surface area contributed by atoms with Gasteiger partial charge < -0.3 is 10.5 Å². The fourth-order valence-corrected chi connectivity index (χ4v) is 1.73. The summed E-state index contributed by atoms with van der Waals surface area (Å²) < 4.78 is 31.3. The number of methoxy groups -OCH3 is 1. The Morgan fingerprint density at radius 1 is 1.53 bits per heavy atom. The predicted octanol–water partition coefficient (Wildman–Crippen LogP) is 1.33. The van der Waals surface area contributed by atoms with Crippen LogP contribution in [0.25, 0.3) is 0 Å². The molecule has 0 radical (unpaired) electrons. The second-order valence-electron chi connectivity index (χ2n) is 3.73. The van der Waals surface area contributed by atoms with Crippen molar-refractivity contribution in [2.24, 2.45) is 5.73 Å². The topological polar surface area (TPSA) is 48.1 Å². The summed E-state index contributed by atoms with van der Waals surface area (Å²) in [5, 5.41) is 0. The number of alkyl halides is 2. The van der Waals surface area contributed by atoms with Crippen molar-refractivity contribution in [2.75, 3.05) is 13.7 Å². The van der Waals surface area contributed by atoms with Crippen molar-refractivity contribution in [3.05, 3.63) is 23.9 Å². The van der Waals surface area contributed by atoms with E-state index in [0.29, 0.717) is 11.6 Å². The molecule has 1 heterocycles. The number of hydrogen-bond donors (Lipinski definition) is 1. The van der Waals surface area contributed by atoms with Crippen LogP contribution in [-0.4, -0.2) is 24.6 Å². The number of nitrogens with two attached hydrogens (primary N) is 1. The van der Waals surface area contributed by atoms with Gasteiger partial charge in [-0.25, -0.2) is 13.8 Å². The maximum absolute atomic E-state index is 13.2. The van der Waals surface area contributed by atoms with Crippen LogP contribution in [0.2, 0.25) is 0 Å². The highest BCUT2D eigenvalue weighted by Gasteiger charge is 2.72. The Bertz CT molecular complexity index is 383. The Kier molecular flexibility index (Phi) is 2.15. The second kappa shape index (κ2) is 3.13. The van der Waals surface area contributed by atoms with Crippen LogP contribution in [0.3, 0.4) is 0 Å². The highest BCUT2D eigenvalue weighted by Crippen LogP contribution is 2.60. The van der Waals surface area contributed by atoms with Crippen molar-refractivity contribution >= 4 is 0 Å². The summed E-state index contributed by atoms with van der Waals surface area (Å²) >= 11 is 0. The van der Waals surface area contributed by atoms with E-state index in [9.17, 15) is 8.78 Å². The third-order valence-corrected chi connectivity index (χ3v) is 2.87. The summed E-state index contributed by atoms with van der Waals surface area (Å²) in [6, 6.07) is 4.83. The maximum Gasteiger partial charge on any atom is 0.261 e. The molecular formula is C10H12F2N2O. The van der Waals surface area contributed by atoms with E-state index in [1.54, 1.807) is 18.2 Å². The molecule has 5 heteroatoms. The van der Waals surface area contributed by atoms with E-state index in [1.807, 2.05) is 0 Å². The van der Waals surface area contributed by atoms with Crippen LogP contribution in [-0.2, 0) is 5.41 Å². The smallest absolute Gasteiger partial charge is 0.261 e. The van der Waals surface area contributed by atoms with E-state index in [2.05, 4.69) is 4.98 Å². The zero-order chi connectivity index (χ0) is 11.1. The Hall–Kier alpha value is -1.23. The Morgan fingerprint density at radius 3 is 2.67 bits per heavy atom. The van der Waals surface area contributed by atoms with Crippen LogP contribution < -0.4 is 10.5 Å². The molecule has 0 aliphatic heterocycles. The van der Waals surface area contributed by atoms with E-state index < -0.39 is 11.3 Å². The fraction of sp³-hybridized carbons (Fsp3) is 0.500. The third-order valence-electron chi connectivity index (χ3n) is 2.87. The zero-order valence-corrected chi connectivity index (χ0v) is 8.34. The number of halogens is 2. The largest absolute Gasteiger partial charge is 0.481 e. The number of pyridine rings is 1. The monoisotopic (exact) mass is 214 g/mol. The van der Waals surface area contributed by atoms with Crippen LogP contribution in [0, 0.1) is 0 Å². The van der Waals surface area contributed by atoms with Gasteiger partial charge in [0.05, 0.1) is 18.2 Å². The molecule has 0 bridgehead atoms. The molecule has 82 valence electrons. The average molecular weight is 214 g/mol. The summed E-state index contributed by atoms with van der Waals surface area (Å²) in [5.74, 6) is -2.40. The van der Waals surface area contributed by atoms with Crippen LogP contribution >= 0.6 is 0 Å². The van der Waals surface area contributed by atoms with Crippen molar-refractivity contribution < 1.29 is 13.5 Å². The predicted molar refractivity (Wildman–Crippen MR) is 51.1 cm³/mol. The number of hydrogen-bond acceptors (Lipinski definition) is 3. The van der Waals surface area contributed by atoms with Crippen molar-refractivity contribution in [3.63, 3.8) is 0 Å². The van der Waals surface area contributed by atoms with Crippen LogP contribution in [0.1, 0.15) is 12.1 Å². The molecule has 1 saturated carbocycles. The molecule has 1 unspecified atom stereocenters. The van der Waals surface area contributed by atoms with Gasteiger partial charge in [0, 0.05) is 19.0 Å². The van der Waals surface area contributed by atoms with Gasteiger partial charge in [0.1, 0.15) is 0 Å². The van der Waals surface area contributed by atoms with E-state index in [4.69, 9.17) is 10.5 Å². The minimum atomic E-state index is -2.74. The van der Waals surface area contributed by atoms with Crippen molar-refractivity contribution in [3.8, 4) is 5.88 Å². The minimum Gasteiger partial charge on any atom is -0.481 e. The average Bonchev–Trinajstić information content (AvgIpc) is 2.82. The lowest BCUT2D eigenvalue weighted by Crippen LogP contribution is -2.27. The molecule has 1 aliphatic carbocycles. The van der Waals surface area contributed by atoms with Gasteiger partial charge in [-0.15, -0.1) is 0 Å². The van der Waals surface area contributed by atoms with E-state index in [0.717, 1.165) is 0 Å². The van der Waals surface area contributed by atoms with Crippen molar-refractivity contribution in [1.29, 1.82) is 0 Å². The molecule has 1 aliphatic rings. The van der Waals surface area contributed by atoms with Crippen LogP contribution in [0.15, 0.2) is 18.2 Å². The van der Waals surface area contributed by atoms with Gasteiger partial charge in [0.15, 0.2) is 0 Å². The summed E-state index contributed by atoms with van der Waals surface area (Å²) in [6.07, 6.45) is -0.226. The molecule has 3 nitrogen and oxygen atoms in total. The molecule has 0 amide bonds.